The van der Waals surface area contributed by atoms with E-state index in [0.717, 1.165) is 11.1 Å². The molecule has 1 aromatic heterocycles. The van der Waals surface area contributed by atoms with Gasteiger partial charge in [0.2, 0.25) is 0 Å². The van der Waals surface area contributed by atoms with Crippen molar-refractivity contribution in [3.05, 3.63) is 65.4 Å². The molecule has 2 aromatic carbocycles. The molecule has 7 nitrogen and oxygen atoms in total. The number of carbonyl (C=O) groups excluding carboxylic acids is 1. The van der Waals surface area contributed by atoms with Crippen LogP contribution in [0.15, 0.2) is 53.6 Å². The Bertz CT molecular complexity index is 946. The van der Waals surface area contributed by atoms with Gasteiger partial charge in [-0.1, -0.05) is 29.8 Å². The van der Waals surface area contributed by atoms with Gasteiger partial charge in [0, 0.05) is 5.56 Å². The van der Waals surface area contributed by atoms with Crippen molar-refractivity contribution in [1.29, 1.82) is 0 Å². The number of benzene rings is 2. The molecule has 7 heteroatoms. The minimum atomic E-state index is -0.405. The van der Waals surface area contributed by atoms with Crippen LogP contribution in [0.2, 0.25) is 0 Å². The molecule has 1 amide bonds. The number of nitrogens with zero attached hydrogens (tertiary/aromatic N) is 2. The number of methoxy groups -OCH3 is 1. The van der Waals surface area contributed by atoms with Crippen molar-refractivity contribution in [3.8, 4) is 22.8 Å². The largest absolute Gasteiger partial charge is 0.504 e. The third-order valence-electron chi connectivity index (χ3n) is 3.75. The van der Waals surface area contributed by atoms with E-state index in [0.29, 0.717) is 22.7 Å². The van der Waals surface area contributed by atoms with E-state index in [1.165, 1.54) is 19.4 Å². The van der Waals surface area contributed by atoms with Gasteiger partial charge in [0.15, 0.2) is 11.5 Å². The molecule has 0 aliphatic rings. The summed E-state index contributed by atoms with van der Waals surface area (Å²) in [6, 6.07) is 14.3. The van der Waals surface area contributed by atoms with Crippen LogP contribution in [0.5, 0.6) is 11.5 Å². The minimum absolute atomic E-state index is 0.0368. The Kier molecular flexibility index (Phi) is 4.98. The summed E-state index contributed by atoms with van der Waals surface area (Å²) >= 11 is 0. The summed E-state index contributed by atoms with van der Waals surface area (Å²) in [6.45, 7) is 2.01. The fourth-order valence-electron chi connectivity index (χ4n) is 2.31. The lowest BCUT2D eigenvalue weighted by atomic mass is 10.1. The number of phenols is 1. The number of aryl methyl sites for hydroxylation is 1. The zero-order valence-corrected chi connectivity index (χ0v) is 14.4. The molecule has 0 radical (unpaired) electrons. The van der Waals surface area contributed by atoms with Gasteiger partial charge in [-0.3, -0.25) is 9.89 Å². The number of hydrogen-bond acceptors (Lipinski definition) is 5. The number of hydrogen-bond donors (Lipinski definition) is 3. The van der Waals surface area contributed by atoms with Gasteiger partial charge in [-0.05, 0) is 36.8 Å². The highest BCUT2D eigenvalue weighted by molar-refractivity contribution is 5.94. The minimum Gasteiger partial charge on any atom is -0.504 e. The monoisotopic (exact) mass is 350 g/mol. The zero-order chi connectivity index (χ0) is 18.5. The maximum absolute atomic E-state index is 12.2. The summed E-state index contributed by atoms with van der Waals surface area (Å²) in [5.74, 6) is -0.0378. The molecule has 3 aromatic rings. The van der Waals surface area contributed by atoms with Gasteiger partial charge in [0.05, 0.1) is 19.0 Å². The van der Waals surface area contributed by atoms with Crippen LogP contribution < -0.4 is 10.2 Å². The molecule has 132 valence electrons. The molecule has 0 aliphatic heterocycles. The van der Waals surface area contributed by atoms with Crippen LogP contribution in [0.25, 0.3) is 11.3 Å². The first-order chi connectivity index (χ1) is 12.6. The molecule has 0 saturated heterocycles. The number of aromatic amines is 1. The summed E-state index contributed by atoms with van der Waals surface area (Å²) in [7, 11) is 1.46. The predicted molar refractivity (Wildman–Crippen MR) is 98.5 cm³/mol. The molecule has 0 bridgehead atoms. The zero-order valence-electron chi connectivity index (χ0n) is 14.4. The highest BCUT2D eigenvalue weighted by Gasteiger charge is 2.10. The highest BCUT2D eigenvalue weighted by Crippen LogP contribution is 2.25. The topological polar surface area (TPSA) is 99.6 Å². The fraction of sp³-hybridized carbons (Fsp3) is 0.105. The number of aromatic hydroxyl groups is 1. The lowest BCUT2D eigenvalue weighted by molar-refractivity contribution is 0.0950. The quantitative estimate of drug-likeness (QED) is 0.487. The van der Waals surface area contributed by atoms with Crippen molar-refractivity contribution in [2.24, 2.45) is 5.10 Å². The van der Waals surface area contributed by atoms with E-state index in [9.17, 15) is 9.90 Å². The van der Waals surface area contributed by atoms with E-state index in [-0.39, 0.29) is 5.75 Å². The molecule has 1 heterocycles. The van der Waals surface area contributed by atoms with Crippen molar-refractivity contribution < 1.29 is 14.6 Å². The molecule has 0 saturated carbocycles. The highest BCUT2D eigenvalue weighted by atomic mass is 16.5. The van der Waals surface area contributed by atoms with E-state index in [1.54, 1.807) is 18.2 Å². The Hall–Kier alpha value is -3.61. The van der Waals surface area contributed by atoms with Gasteiger partial charge in [-0.25, -0.2) is 5.43 Å². The number of carbonyl (C=O) groups is 1. The second kappa shape index (κ2) is 7.52. The van der Waals surface area contributed by atoms with Gasteiger partial charge >= 0.3 is 0 Å². The maximum Gasteiger partial charge on any atom is 0.289 e. The lowest BCUT2D eigenvalue weighted by Crippen LogP contribution is -2.18. The smallest absolute Gasteiger partial charge is 0.289 e. The van der Waals surface area contributed by atoms with Crippen LogP contribution in [0.4, 0.5) is 0 Å². The first kappa shape index (κ1) is 17.2. The van der Waals surface area contributed by atoms with Crippen LogP contribution >= 0.6 is 0 Å². The second-order valence-electron chi connectivity index (χ2n) is 5.66. The molecular formula is C19H18N4O3. The van der Waals surface area contributed by atoms with Crippen molar-refractivity contribution >= 4 is 12.1 Å². The third-order valence-corrected chi connectivity index (χ3v) is 3.75. The van der Waals surface area contributed by atoms with E-state index in [4.69, 9.17) is 4.74 Å². The van der Waals surface area contributed by atoms with Crippen LogP contribution in [0, 0.1) is 6.92 Å². The number of ether oxygens (including phenoxy) is 1. The Labute approximate surface area is 150 Å². The average molecular weight is 350 g/mol. The summed E-state index contributed by atoms with van der Waals surface area (Å²) in [5, 5.41) is 20.3. The normalized spacial score (nSPS) is 10.8. The standard InChI is InChI=1S/C19H18N4O3/c1-12-3-6-14(7-4-12)15-10-16(22-21-15)19(25)23-20-11-13-5-8-17(24)18(9-13)26-2/h3-11,24H,1-2H3,(H,21,22)(H,23,25). The van der Waals surface area contributed by atoms with Gasteiger partial charge < -0.3 is 9.84 Å². The van der Waals surface area contributed by atoms with Gasteiger partial charge in [0.1, 0.15) is 5.69 Å². The van der Waals surface area contributed by atoms with E-state index in [1.807, 2.05) is 31.2 Å². The molecule has 0 aliphatic carbocycles. The number of rotatable bonds is 5. The number of hydrazone groups is 1. The van der Waals surface area contributed by atoms with Crippen LogP contribution in [0.1, 0.15) is 21.6 Å². The molecule has 0 atom stereocenters. The maximum atomic E-state index is 12.2. The molecule has 3 N–H and O–H groups in total. The molecule has 0 unspecified atom stereocenters. The Morgan fingerprint density at radius 3 is 2.73 bits per heavy atom. The lowest BCUT2D eigenvalue weighted by Gasteiger charge is -2.03. The third kappa shape index (κ3) is 3.89. The summed E-state index contributed by atoms with van der Waals surface area (Å²) in [6.07, 6.45) is 1.46. The predicted octanol–water partition coefficient (Wildman–Crippen LogP) is 2.86. The number of H-pyrrole nitrogens is 1. The fourth-order valence-corrected chi connectivity index (χ4v) is 2.31. The molecule has 26 heavy (non-hydrogen) atoms. The van der Waals surface area contributed by atoms with E-state index < -0.39 is 5.91 Å². The molecule has 0 spiro atoms. The second-order valence-corrected chi connectivity index (χ2v) is 5.66. The Balaban J connectivity index is 1.66. The average Bonchev–Trinajstić information content (AvgIpc) is 3.14. The van der Waals surface area contributed by atoms with Crippen LogP contribution in [0.3, 0.4) is 0 Å². The van der Waals surface area contributed by atoms with E-state index >= 15 is 0 Å². The molecular weight excluding hydrogens is 332 g/mol. The summed E-state index contributed by atoms with van der Waals surface area (Å²) in [4.78, 5) is 12.2. The number of amides is 1. The van der Waals surface area contributed by atoms with Gasteiger partial charge in [-0.2, -0.15) is 10.2 Å². The SMILES string of the molecule is COc1cc(C=NNC(=O)c2cc(-c3ccc(C)cc3)n[nH]2)ccc1O. The van der Waals surface area contributed by atoms with Crippen molar-refractivity contribution in [1.82, 2.24) is 15.6 Å². The van der Waals surface area contributed by atoms with Gasteiger partial charge in [-0.15, -0.1) is 0 Å². The summed E-state index contributed by atoms with van der Waals surface area (Å²) in [5.41, 5.74) is 6.17. The van der Waals surface area contributed by atoms with Crippen molar-refractivity contribution in [3.63, 3.8) is 0 Å². The Morgan fingerprint density at radius 1 is 1.23 bits per heavy atom. The number of aromatic nitrogens is 2. The number of phenolic OH excluding ortho intramolecular Hbond substituents is 1. The van der Waals surface area contributed by atoms with Crippen molar-refractivity contribution in [2.45, 2.75) is 6.92 Å². The van der Waals surface area contributed by atoms with Crippen molar-refractivity contribution in [2.75, 3.05) is 7.11 Å². The number of nitrogens with one attached hydrogen (secondary N) is 2. The first-order valence-electron chi connectivity index (χ1n) is 7.89. The molecule has 0 fully saturated rings. The molecule has 3 rings (SSSR count). The van der Waals surface area contributed by atoms with Crippen LogP contribution in [-0.2, 0) is 0 Å². The van der Waals surface area contributed by atoms with Gasteiger partial charge in [0.25, 0.3) is 5.91 Å². The Morgan fingerprint density at radius 2 is 2.00 bits per heavy atom. The van der Waals surface area contributed by atoms with E-state index in [2.05, 4.69) is 20.7 Å². The summed E-state index contributed by atoms with van der Waals surface area (Å²) < 4.78 is 5.02. The first-order valence-corrected chi connectivity index (χ1v) is 7.89. The van der Waals surface area contributed by atoms with Crippen LogP contribution in [-0.4, -0.2) is 34.5 Å².